The van der Waals surface area contributed by atoms with Gasteiger partial charge in [-0.3, -0.25) is 0 Å². The molecule has 0 aliphatic carbocycles. The highest BCUT2D eigenvalue weighted by Crippen LogP contribution is 2.35. The quantitative estimate of drug-likeness (QED) is 0.676. The Balaban J connectivity index is 2.44. The largest absolute Gasteiger partial charge is 0.486 e. The van der Waals surface area contributed by atoms with Crippen molar-refractivity contribution in [1.82, 2.24) is 0 Å². The van der Waals surface area contributed by atoms with Crippen molar-refractivity contribution in [3.05, 3.63) is 22.7 Å². The van der Waals surface area contributed by atoms with Gasteiger partial charge in [0.05, 0.1) is 0 Å². The molecule has 1 aliphatic rings. The van der Waals surface area contributed by atoms with E-state index in [1.54, 1.807) is 6.07 Å². The summed E-state index contributed by atoms with van der Waals surface area (Å²) in [6.07, 6.45) is 0. The van der Waals surface area contributed by atoms with Gasteiger partial charge in [0.25, 0.3) is 0 Å². The number of ether oxygens (including phenoxy) is 2. The maximum absolute atomic E-state index is 5.94. The molecular weight excluding hydrogens is 211 g/mol. The first kappa shape index (κ1) is 8.97. The summed E-state index contributed by atoms with van der Waals surface area (Å²) in [5.41, 5.74) is 0.868. The van der Waals surface area contributed by atoms with Crippen LogP contribution in [0.4, 0.5) is 0 Å². The monoisotopic (exact) mass is 218 g/mol. The molecule has 1 aromatic rings. The van der Waals surface area contributed by atoms with E-state index in [0.717, 1.165) is 11.3 Å². The molecule has 0 radical (unpaired) electrons. The predicted octanol–water partition coefficient (Wildman–Crippen LogP) is 2.85. The highest BCUT2D eigenvalue weighted by atomic mass is 35.5. The Morgan fingerprint density at radius 1 is 1.15 bits per heavy atom. The summed E-state index contributed by atoms with van der Waals surface area (Å²) < 4.78 is 10.7. The SMILES string of the molecule is ClCc1cc2c(cc1Cl)OCCO2. The number of fused-ring (bicyclic) bond motifs is 1. The van der Waals surface area contributed by atoms with Crippen LogP contribution in [0.25, 0.3) is 0 Å². The topological polar surface area (TPSA) is 18.5 Å². The molecule has 0 N–H and O–H groups in total. The minimum atomic E-state index is 0.384. The smallest absolute Gasteiger partial charge is 0.162 e. The van der Waals surface area contributed by atoms with Gasteiger partial charge in [-0.25, -0.2) is 0 Å². The highest BCUT2D eigenvalue weighted by molar-refractivity contribution is 6.32. The zero-order valence-electron chi connectivity index (χ0n) is 6.85. The maximum atomic E-state index is 5.94. The minimum Gasteiger partial charge on any atom is -0.486 e. The number of hydrogen-bond donors (Lipinski definition) is 0. The zero-order valence-corrected chi connectivity index (χ0v) is 8.36. The molecule has 0 atom stereocenters. The fourth-order valence-corrected chi connectivity index (χ4v) is 1.72. The second-order valence-corrected chi connectivity index (χ2v) is 3.40. The average Bonchev–Trinajstić information content (AvgIpc) is 2.17. The third-order valence-corrected chi connectivity index (χ3v) is 2.49. The molecule has 0 unspecified atom stereocenters. The van der Waals surface area contributed by atoms with Gasteiger partial charge in [0.2, 0.25) is 0 Å². The van der Waals surface area contributed by atoms with E-state index in [4.69, 9.17) is 32.7 Å². The molecule has 1 aromatic carbocycles. The molecular formula is C9H8Cl2O2. The van der Waals surface area contributed by atoms with E-state index in [0.29, 0.717) is 29.9 Å². The second-order valence-electron chi connectivity index (χ2n) is 2.72. The molecule has 0 saturated heterocycles. The number of halogens is 2. The molecule has 2 rings (SSSR count). The summed E-state index contributed by atoms with van der Waals surface area (Å²) >= 11 is 11.6. The van der Waals surface area contributed by atoms with Crippen LogP contribution >= 0.6 is 23.2 Å². The average molecular weight is 219 g/mol. The van der Waals surface area contributed by atoms with E-state index in [1.165, 1.54) is 0 Å². The Morgan fingerprint density at radius 3 is 2.38 bits per heavy atom. The summed E-state index contributed by atoms with van der Waals surface area (Å²) in [5.74, 6) is 1.81. The van der Waals surface area contributed by atoms with Crippen LogP contribution in [-0.4, -0.2) is 13.2 Å². The van der Waals surface area contributed by atoms with E-state index in [-0.39, 0.29) is 0 Å². The lowest BCUT2D eigenvalue weighted by atomic mass is 10.2. The lowest BCUT2D eigenvalue weighted by Gasteiger charge is -2.19. The van der Waals surface area contributed by atoms with Crippen LogP contribution in [-0.2, 0) is 5.88 Å². The first-order chi connectivity index (χ1) is 6.31. The van der Waals surface area contributed by atoms with Gasteiger partial charge in [0, 0.05) is 17.0 Å². The Hall–Kier alpha value is -0.600. The Bertz CT molecular complexity index is 326. The second kappa shape index (κ2) is 3.64. The van der Waals surface area contributed by atoms with E-state index < -0.39 is 0 Å². The van der Waals surface area contributed by atoms with Crippen molar-refractivity contribution in [3.8, 4) is 11.5 Å². The first-order valence-corrected chi connectivity index (χ1v) is 4.86. The zero-order chi connectivity index (χ0) is 9.26. The minimum absolute atomic E-state index is 0.384. The van der Waals surface area contributed by atoms with Crippen LogP contribution in [0.1, 0.15) is 5.56 Å². The summed E-state index contributed by atoms with van der Waals surface area (Å²) in [7, 11) is 0. The Labute approximate surface area is 86.4 Å². The molecule has 1 heterocycles. The van der Waals surface area contributed by atoms with Crippen LogP contribution in [0.5, 0.6) is 11.5 Å². The molecule has 0 aromatic heterocycles. The molecule has 0 bridgehead atoms. The van der Waals surface area contributed by atoms with Gasteiger partial charge in [0.1, 0.15) is 13.2 Å². The standard InChI is InChI=1S/C9H8Cl2O2/c10-5-6-3-8-9(4-7(6)11)13-2-1-12-8/h3-4H,1-2,5H2. The van der Waals surface area contributed by atoms with Crippen LogP contribution in [0.3, 0.4) is 0 Å². The van der Waals surface area contributed by atoms with Gasteiger partial charge in [-0.1, -0.05) is 11.6 Å². The highest BCUT2D eigenvalue weighted by Gasteiger charge is 2.14. The Morgan fingerprint density at radius 2 is 1.77 bits per heavy atom. The lowest BCUT2D eigenvalue weighted by molar-refractivity contribution is 0.171. The molecule has 0 fully saturated rings. The van der Waals surface area contributed by atoms with Crippen molar-refractivity contribution >= 4 is 23.2 Å². The van der Waals surface area contributed by atoms with Gasteiger partial charge in [0.15, 0.2) is 11.5 Å². The van der Waals surface area contributed by atoms with Gasteiger partial charge in [-0.2, -0.15) is 0 Å². The van der Waals surface area contributed by atoms with Crippen molar-refractivity contribution in [2.45, 2.75) is 5.88 Å². The number of benzene rings is 1. The van der Waals surface area contributed by atoms with Crippen molar-refractivity contribution in [2.24, 2.45) is 0 Å². The van der Waals surface area contributed by atoms with Crippen molar-refractivity contribution < 1.29 is 9.47 Å². The normalized spacial score (nSPS) is 14.3. The lowest BCUT2D eigenvalue weighted by Crippen LogP contribution is -2.15. The number of rotatable bonds is 1. The number of hydrogen-bond acceptors (Lipinski definition) is 2. The molecule has 0 saturated carbocycles. The fourth-order valence-electron chi connectivity index (χ4n) is 1.21. The van der Waals surface area contributed by atoms with Crippen LogP contribution in [0, 0.1) is 0 Å². The van der Waals surface area contributed by atoms with E-state index >= 15 is 0 Å². The van der Waals surface area contributed by atoms with Crippen LogP contribution in [0.2, 0.25) is 5.02 Å². The third-order valence-electron chi connectivity index (χ3n) is 1.86. The predicted molar refractivity (Wildman–Crippen MR) is 52.0 cm³/mol. The van der Waals surface area contributed by atoms with Gasteiger partial charge < -0.3 is 9.47 Å². The molecule has 13 heavy (non-hydrogen) atoms. The Kier molecular flexibility index (Phi) is 2.51. The van der Waals surface area contributed by atoms with Crippen molar-refractivity contribution in [3.63, 3.8) is 0 Å². The molecule has 0 spiro atoms. The molecule has 70 valence electrons. The molecule has 4 heteroatoms. The van der Waals surface area contributed by atoms with E-state index in [2.05, 4.69) is 0 Å². The number of alkyl halides is 1. The fraction of sp³-hybridized carbons (Fsp3) is 0.333. The maximum Gasteiger partial charge on any atom is 0.162 e. The molecule has 2 nitrogen and oxygen atoms in total. The van der Waals surface area contributed by atoms with E-state index in [1.807, 2.05) is 6.07 Å². The first-order valence-electron chi connectivity index (χ1n) is 3.95. The van der Waals surface area contributed by atoms with E-state index in [9.17, 15) is 0 Å². The van der Waals surface area contributed by atoms with Gasteiger partial charge >= 0.3 is 0 Å². The van der Waals surface area contributed by atoms with Crippen molar-refractivity contribution in [2.75, 3.05) is 13.2 Å². The molecule has 1 aliphatic heterocycles. The van der Waals surface area contributed by atoms with Crippen molar-refractivity contribution in [1.29, 1.82) is 0 Å². The summed E-state index contributed by atoms with van der Waals surface area (Å²) in [5, 5.41) is 0.624. The van der Waals surface area contributed by atoms with Crippen LogP contribution < -0.4 is 9.47 Å². The third kappa shape index (κ3) is 1.69. The summed E-state index contributed by atoms with van der Waals surface area (Å²) in [6.45, 7) is 1.15. The van der Waals surface area contributed by atoms with Gasteiger partial charge in [-0.05, 0) is 11.6 Å². The van der Waals surface area contributed by atoms with Crippen LogP contribution in [0.15, 0.2) is 12.1 Å². The summed E-state index contributed by atoms with van der Waals surface area (Å²) in [4.78, 5) is 0. The summed E-state index contributed by atoms with van der Waals surface area (Å²) in [6, 6.07) is 3.57. The van der Waals surface area contributed by atoms with Gasteiger partial charge in [-0.15, -0.1) is 11.6 Å². The molecule has 0 amide bonds.